The monoisotopic (exact) mass is 342 g/mol. The van der Waals surface area contributed by atoms with Crippen LogP contribution in [-0.4, -0.2) is 39.3 Å². The summed E-state index contributed by atoms with van der Waals surface area (Å²) in [6.45, 7) is 5.34. The maximum Gasteiger partial charge on any atom is 0.323 e. The molecule has 0 spiro atoms. The van der Waals surface area contributed by atoms with Crippen molar-refractivity contribution in [1.29, 1.82) is 0 Å². The summed E-state index contributed by atoms with van der Waals surface area (Å²) in [5.74, 6) is 0. The first-order chi connectivity index (χ1) is 12.1. The number of nitrogens with one attached hydrogen (secondary N) is 2. The van der Waals surface area contributed by atoms with Crippen LogP contribution in [0.5, 0.6) is 0 Å². The Morgan fingerprint density at radius 1 is 1.20 bits per heavy atom. The van der Waals surface area contributed by atoms with Gasteiger partial charge in [-0.05, 0) is 32.0 Å². The lowest BCUT2D eigenvalue weighted by atomic mass is 10.2. The summed E-state index contributed by atoms with van der Waals surface area (Å²) < 4.78 is 8.65. The fraction of sp³-hybridized carbons (Fsp3) is 0.353. The van der Waals surface area contributed by atoms with Gasteiger partial charge >= 0.3 is 6.03 Å². The summed E-state index contributed by atoms with van der Waals surface area (Å²) >= 11 is 0. The van der Waals surface area contributed by atoms with Crippen molar-refractivity contribution in [2.45, 2.75) is 26.4 Å². The molecule has 0 saturated carbocycles. The van der Waals surface area contributed by atoms with E-state index in [1.165, 1.54) is 0 Å². The van der Waals surface area contributed by atoms with E-state index in [4.69, 9.17) is 4.74 Å². The van der Waals surface area contributed by atoms with Crippen molar-refractivity contribution < 1.29 is 9.53 Å². The molecule has 0 unspecified atom stereocenters. The number of carbonyl (C=O) groups excluding carboxylic acids is 1. The Balaban J connectivity index is 1.67. The van der Waals surface area contributed by atoms with E-state index < -0.39 is 0 Å². The molecule has 1 aromatic carbocycles. The van der Waals surface area contributed by atoms with Crippen LogP contribution in [0.1, 0.15) is 19.9 Å². The van der Waals surface area contributed by atoms with Gasteiger partial charge in [-0.25, -0.2) is 4.79 Å². The first kappa shape index (κ1) is 17.0. The number of rotatable bonds is 6. The van der Waals surface area contributed by atoms with Crippen molar-refractivity contribution in [2.75, 3.05) is 24.4 Å². The van der Waals surface area contributed by atoms with Crippen molar-refractivity contribution in [3.05, 3.63) is 36.8 Å². The Morgan fingerprint density at radius 3 is 2.76 bits per heavy atom. The minimum atomic E-state index is -0.318. The van der Waals surface area contributed by atoms with Gasteiger partial charge in [0.2, 0.25) is 0 Å². The third-order valence-electron chi connectivity index (χ3n) is 3.76. The van der Waals surface area contributed by atoms with Gasteiger partial charge in [-0.2, -0.15) is 10.2 Å². The molecule has 0 aliphatic rings. The standard InChI is InChI=1S/C17H22N6O2/c1-12(2)23-16-8-14(5-4-13(16)9-19-23)20-17(24)21-15-10-18-22(11-15)6-7-25-3/h4-5,8-12H,6-7H2,1-3H3,(H2,20,21,24). The maximum atomic E-state index is 12.2. The number of amides is 2. The number of urea groups is 1. The number of aromatic nitrogens is 4. The molecule has 0 aliphatic carbocycles. The van der Waals surface area contributed by atoms with E-state index in [1.54, 1.807) is 24.2 Å². The molecule has 0 fully saturated rings. The highest BCUT2D eigenvalue weighted by molar-refractivity contribution is 6.00. The molecular formula is C17H22N6O2. The first-order valence-corrected chi connectivity index (χ1v) is 8.13. The van der Waals surface area contributed by atoms with E-state index in [0.717, 1.165) is 10.9 Å². The lowest BCUT2D eigenvalue weighted by Crippen LogP contribution is -2.19. The molecular weight excluding hydrogens is 320 g/mol. The van der Waals surface area contributed by atoms with Gasteiger partial charge < -0.3 is 15.4 Å². The zero-order valence-corrected chi connectivity index (χ0v) is 14.6. The second kappa shape index (κ2) is 7.35. The number of ether oxygens (including phenoxy) is 1. The Labute approximate surface area is 145 Å². The highest BCUT2D eigenvalue weighted by atomic mass is 16.5. The number of hydrogen-bond donors (Lipinski definition) is 2. The molecule has 25 heavy (non-hydrogen) atoms. The molecule has 0 saturated heterocycles. The van der Waals surface area contributed by atoms with E-state index >= 15 is 0 Å². The van der Waals surface area contributed by atoms with Crippen LogP contribution in [0.2, 0.25) is 0 Å². The van der Waals surface area contributed by atoms with E-state index in [0.29, 0.717) is 24.5 Å². The Hall–Kier alpha value is -2.87. The van der Waals surface area contributed by atoms with Crippen LogP contribution in [0.15, 0.2) is 36.8 Å². The first-order valence-electron chi connectivity index (χ1n) is 8.13. The molecule has 8 heteroatoms. The number of hydrogen-bond acceptors (Lipinski definition) is 4. The van der Waals surface area contributed by atoms with E-state index in [1.807, 2.05) is 29.1 Å². The lowest BCUT2D eigenvalue weighted by molar-refractivity contribution is 0.183. The maximum absolute atomic E-state index is 12.2. The zero-order valence-electron chi connectivity index (χ0n) is 14.6. The summed E-state index contributed by atoms with van der Waals surface area (Å²) in [5.41, 5.74) is 2.32. The van der Waals surface area contributed by atoms with Gasteiger partial charge in [0.15, 0.2) is 0 Å². The second-order valence-corrected chi connectivity index (χ2v) is 6.02. The van der Waals surface area contributed by atoms with E-state index in [2.05, 4.69) is 34.7 Å². The number of benzene rings is 1. The summed E-state index contributed by atoms with van der Waals surface area (Å²) in [7, 11) is 1.64. The van der Waals surface area contributed by atoms with Crippen LogP contribution in [0, 0.1) is 0 Å². The largest absolute Gasteiger partial charge is 0.383 e. The summed E-state index contributed by atoms with van der Waals surface area (Å²) in [6.07, 6.45) is 5.19. The number of anilines is 2. The average Bonchev–Trinajstić information content (AvgIpc) is 3.19. The van der Waals surface area contributed by atoms with Gasteiger partial charge in [-0.1, -0.05) is 0 Å². The third kappa shape index (κ3) is 3.97. The van der Waals surface area contributed by atoms with E-state index in [9.17, 15) is 4.79 Å². The van der Waals surface area contributed by atoms with Crippen LogP contribution in [-0.2, 0) is 11.3 Å². The van der Waals surface area contributed by atoms with Crippen molar-refractivity contribution in [1.82, 2.24) is 19.6 Å². The van der Waals surface area contributed by atoms with E-state index in [-0.39, 0.29) is 12.1 Å². The zero-order chi connectivity index (χ0) is 17.8. The SMILES string of the molecule is COCCn1cc(NC(=O)Nc2ccc3cnn(C(C)C)c3c2)cn1. The molecule has 2 heterocycles. The van der Waals surface area contributed by atoms with Gasteiger partial charge in [0.25, 0.3) is 0 Å². The molecule has 0 aliphatic heterocycles. The topological polar surface area (TPSA) is 86.0 Å². The molecule has 0 bridgehead atoms. The molecule has 132 valence electrons. The Morgan fingerprint density at radius 2 is 2.00 bits per heavy atom. The smallest absolute Gasteiger partial charge is 0.323 e. The Kier molecular flexibility index (Phi) is 4.99. The molecule has 0 radical (unpaired) electrons. The predicted molar refractivity (Wildman–Crippen MR) is 96.9 cm³/mol. The summed E-state index contributed by atoms with van der Waals surface area (Å²) in [6, 6.07) is 5.65. The number of carbonyl (C=O) groups is 1. The Bertz CT molecular complexity index is 867. The highest BCUT2D eigenvalue weighted by Gasteiger charge is 2.09. The molecule has 2 aromatic heterocycles. The van der Waals surface area contributed by atoms with Crippen molar-refractivity contribution in [3.63, 3.8) is 0 Å². The average molecular weight is 342 g/mol. The normalized spacial score (nSPS) is 11.2. The van der Waals surface area contributed by atoms with Crippen molar-refractivity contribution >= 4 is 28.3 Å². The highest BCUT2D eigenvalue weighted by Crippen LogP contribution is 2.22. The fourth-order valence-electron chi connectivity index (χ4n) is 2.56. The van der Waals surface area contributed by atoms with Crippen molar-refractivity contribution in [3.8, 4) is 0 Å². The van der Waals surface area contributed by atoms with Gasteiger partial charge in [-0.3, -0.25) is 9.36 Å². The van der Waals surface area contributed by atoms with Gasteiger partial charge in [-0.15, -0.1) is 0 Å². The van der Waals surface area contributed by atoms with Gasteiger partial charge in [0.1, 0.15) is 0 Å². The molecule has 0 atom stereocenters. The third-order valence-corrected chi connectivity index (χ3v) is 3.76. The minimum absolute atomic E-state index is 0.250. The van der Waals surface area contributed by atoms with Gasteiger partial charge in [0.05, 0.1) is 36.7 Å². The predicted octanol–water partition coefficient (Wildman–Crippen LogP) is 3.10. The quantitative estimate of drug-likeness (QED) is 0.721. The second-order valence-electron chi connectivity index (χ2n) is 6.02. The van der Waals surface area contributed by atoms with Crippen LogP contribution < -0.4 is 10.6 Å². The van der Waals surface area contributed by atoms with Crippen LogP contribution in [0.3, 0.4) is 0 Å². The molecule has 3 aromatic rings. The van der Waals surface area contributed by atoms with Crippen LogP contribution in [0.25, 0.3) is 10.9 Å². The molecule has 2 amide bonds. The summed E-state index contributed by atoms with van der Waals surface area (Å²) in [5, 5.41) is 15.2. The molecule has 8 nitrogen and oxygen atoms in total. The molecule has 2 N–H and O–H groups in total. The lowest BCUT2D eigenvalue weighted by Gasteiger charge is -2.09. The van der Waals surface area contributed by atoms with Crippen LogP contribution >= 0.6 is 0 Å². The number of nitrogens with zero attached hydrogens (tertiary/aromatic N) is 4. The molecule has 3 rings (SSSR count). The fourth-order valence-corrected chi connectivity index (χ4v) is 2.56. The minimum Gasteiger partial charge on any atom is -0.383 e. The van der Waals surface area contributed by atoms with Crippen LogP contribution in [0.4, 0.5) is 16.2 Å². The number of fused-ring (bicyclic) bond motifs is 1. The summed E-state index contributed by atoms with van der Waals surface area (Å²) in [4.78, 5) is 12.2. The van der Waals surface area contributed by atoms with Crippen molar-refractivity contribution in [2.24, 2.45) is 0 Å². The number of methoxy groups -OCH3 is 1. The van der Waals surface area contributed by atoms with Gasteiger partial charge in [0, 0.05) is 30.4 Å².